The van der Waals surface area contributed by atoms with Crippen molar-refractivity contribution in [3.05, 3.63) is 24.8 Å². The first-order valence-electron chi connectivity index (χ1n) is 14.9. The lowest BCUT2D eigenvalue weighted by Crippen LogP contribution is -2.35. The second-order valence-corrected chi connectivity index (χ2v) is 12.5. The molecular weight excluding hydrogens is 643 g/mol. The summed E-state index contributed by atoms with van der Waals surface area (Å²) < 4.78 is 41.5. The van der Waals surface area contributed by atoms with E-state index in [0.29, 0.717) is 29.9 Å². The number of esters is 1. The predicted octanol–water partition coefficient (Wildman–Crippen LogP) is 3.70. The van der Waals surface area contributed by atoms with Gasteiger partial charge in [-0.25, -0.2) is 34.4 Å². The van der Waals surface area contributed by atoms with E-state index in [0.717, 1.165) is 32.1 Å². The van der Waals surface area contributed by atoms with E-state index >= 15 is 0 Å². The summed E-state index contributed by atoms with van der Waals surface area (Å²) in [5.41, 5.74) is 6.82. The van der Waals surface area contributed by atoms with Crippen molar-refractivity contribution < 1.29 is 57.4 Å². The number of aliphatic carboxylic acids is 2. The van der Waals surface area contributed by atoms with E-state index in [9.17, 15) is 23.7 Å². The third-order valence-electron chi connectivity index (χ3n) is 5.79. The van der Waals surface area contributed by atoms with Gasteiger partial charge in [0.25, 0.3) is 7.52 Å². The molecule has 0 aliphatic rings. The van der Waals surface area contributed by atoms with Crippen LogP contribution in [-0.2, 0) is 49.0 Å². The van der Waals surface area contributed by atoms with Crippen LogP contribution in [-0.4, -0.2) is 91.8 Å². The molecule has 0 aliphatic heterocycles. The fraction of sp³-hybridized carbons (Fsp3) is 0.607. The van der Waals surface area contributed by atoms with Gasteiger partial charge in [0, 0.05) is 12.2 Å². The largest absolute Gasteiger partial charge is 0.510 e. The van der Waals surface area contributed by atoms with Crippen molar-refractivity contribution in [2.24, 2.45) is 0 Å². The Balaban J connectivity index is 0.00000122. The summed E-state index contributed by atoms with van der Waals surface area (Å²) in [6.07, 6.45) is 6.78. The van der Waals surface area contributed by atoms with Crippen molar-refractivity contribution >= 4 is 48.6 Å². The number of nitrogens with two attached hydrogens (primary N) is 1. The van der Waals surface area contributed by atoms with E-state index in [4.69, 9.17) is 39.4 Å². The normalized spacial score (nSPS) is 13.7. The van der Waals surface area contributed by atoms with Crippen LogP contribution in [0.5, 0.6) is 0 Å². The number of nitrogens with zero attached hydrogens (tertiary/aromatic N) is 4. The number of hydrogen-bond acceptors (Lipinski definition) is 14. The SMILES string of the molecule is CCCCCCCOC(=O)[C@H](C)NP(=O)(CO[C@H](C)Cn1cnc2c(N)ncnc21)OCOC(=O)OC(C)C.O=C(O)/C=C/C(=O)O. The molecule has 2 heterocycles. The van der Waals surface area contributed by atoms with Gasteiger partial charge in [-0.1, -0.05) is 32.6 Å². The average molecular weight is 689 g/mol. The number of fused-ring (bicyclic) bond motifs is 1. The van der Waals surface area contributed by atoms with Crippen molar-refractivity contribution in [3.63, 3.8) is 0 Å². The van der Waals surface area contributed by atoms with Gasteiger partial charge in [-0.05, 0) is 34.1 Å². The number of nitrogen functional groups attached to an aromatic ring is 1. The molecule has 0 saturated heterocycles. The van der Waals surface area contributed by atoms with Crippen LogP contribution in [0.2, 0.25) is 0 Å². The smallest absolute Gasteiger partial charge is 0.478 e. The third kappa shape index (κ3) is 17.4. The molecule has 0 aliphatic carbocycles. The highest BCUT2D eigenvalue weighted by atomic mass is 31.2. The van der Waals surface area contributed by atoms with Gasteiger partial charge in [0.2, 0.25) is 6.79 Å². The molecule has 2 rings (SSSR count). The number of carbonyl (C=O) groups excluding carboxylic acids is 2. The first-order chi connectivity index (χ1) is 22.2. The minimum Gasteiger partial charge on any atom is -0.478 e. The van der Waals surface area contributed by atoms with Crippen LogP contribution in [0.25, 0.3) is 11.2 Å². The second kappa shape index (κ2) is 21.6. The highest BCUT2D eigenvalue weighted by Gasteiger charge is 2.31. The van der Waals surface area contributed by atoms with Crippen molar-refractivity contribution in [1.29, 1.82) is 0 Å². The first kappa shape index (κ1) is 40.9. The minimum absolute atomic E-state index is 0.257. The lowest BCUT2D eigenvalue weighted by Gasteiger charge is -2.24. The van der Waals surface area contributed by atoms with E-state index in [1.165, 1.54) is 13.3 Å². The van der Waals surface area contributed by atoms with Gasteiger partial charge in [0.05, 0.1) is 31.7 Å². The zero-order valence-corrected chi connectivity index (χ0v) is 28.1. The number of anilines is 1. The summed E-state index contributed by atoms with van der Waals surface area (Å²) >= 11 is 0. The zero-order chi connectivity index (χ0) is 35.4. The molecule has 0 bridgehead atoms. The second-order valence-electron chi connectivity index (χ2n) is 10.4. The van der Waals surface area contributed by atoms with Gasteiger partial charge in [0.15, 0.2) is 11.5 Å². The highest BCUT2D eigenvalue weighted by molar-refractivity contribution is 7.56. The quantitative estimate of drug-likeness (QED) is 0.0508. The van der Waals surface area contributed by atoms with Crippen LogP contribution in [0.1, 0.15) is 66.7 Å². The minimum atomic E-state index is -3.85. The Labute approximate surface area is 272 Å². The molecule has 3 atom stereocenters. The number of nitrogens with one attached hydrogen (secondary N) is 1. The Morgan fingerprint density at radius 3 is 2.28 bits per heavy atom. The van der Waals surface area contributed by atoms with Crippen molar-refractivity contribution in [2.75, 3.05) is 25.5 Å². The molecule has 5 N–H and O–H groups in total. The summed E-state index contributed by atoms with van der Waals surface area (Å²) in [6.45, 7) is 8.61. The van der Waals surface area contributed by atoms with E-state index in [2.05, 4.69) is 27.0 Å². The van der Waals surface area contributed by atoms with Crippen LogP contribution in [0.3, 0.4) is 0 Å². The van der Waals surface area contributed by atoms with E-state index in [1.54, 1.807) is 31.7 Å². The predicted molar refractivity (Wildman–Crippen MR) is 168 cm³/mol. The van der Waals surface area contributed by atoms with Gasteiger partial charge in [-0.15, -0.1) is 0 Å². The molecular formula is C28H45N6O12P. The Kier molecular flexibility index (Phi) is 18.8. The molecule has 19 heteroatoms. The Bertz CT molecular complexity index is 1350. The lowest BCUT2D eigenvalue weighted by atomic mass is 10.2. The number of rotatable bonds is 20. The number of carbonyl (C=O) groups is 4. The molecule has 264 valence electrons. The molecule has 2 aromatic rings. The van der Waals surface area contributed by atoms with Gasteiger partial charge in [0.1, 0.15) is 24.2 Å². The molecule has 1 unspecified atom stereocenters. The summed E-state index contributed by atoms with van der Waals surface area (Å²) in [4.78, 5) is 55.6. The number of carboxylic acids is 2. The van der Waals surface area contributed by atoms with Gasteiger partial charge < -0.3 is 39.5 Å². The molecule has 0 radical (unpaired) electrons. The molecule has 0 fully saturated rings. The first-order valence-corrected chi connectivity index (χ1v) is 16.7. The van der Waals surface area contributed by atoms with Gasteiger partial charge >= 0.3 is 24.1 Å². The maximum atomic E-state index is 13.6. The maximum absolute atomic E-state index is 13.6. The number of carboxylic acid groups (broad SMARTS) is 2. The number of ether oxygens (including phenoxy) is 4. The Hall–Kier alpha value is -4.12. The highest BCUT2D eigenvalue weighted by Crippen LogP contribution is 2.43. The maximum Gasteiger partial charge on any atom is 0.510 e. The van der Waals surface area contributed by atoms with Crippen LogP contribution < -0.4 is 10.8 Å². The summed E-state index contributed by atoms with van der Waals surface area (Å²) in [5, 5.41) is 18.3. The molecule has 0 saturated carbocycles. The number of hydrogen-bond donors (Lipinski definition) is 4. The van der Waals surface area contributed by atoms with E-state index in [1.807, 2.05) is 0 Å². The number of aromatic nitrogens is 4. The van der Waals surface area contributed by atoms with E-state index in [-0.39, 0.29) is 12.4 Å². The summed E-state index contributed by atoms with van der Waals surface area (Å²) in [5.74, 6) is -2.84. The molecule has 0 amide bonds. The van der Waals surface area contributed by atoms with Crippen molar-refractivity contribution in [1.82, 2.24) is 24.6 Å². The van der Waals surface area contributed by atoms with Crippen molar-refractivity contribution in [3.8, 4) is 0 Å². The molecule has 18 nitrogen and oxygen atoms in total. The number of imidazole rings is 1. The Morgan fingerprint density at radius 1 is 1.00 bits per heavy atom. The monoisotopic (exact) mass is 688 g/mol. The standard InChI is InChI=1S/C24H41N6O8P.C4H4O4/c1-6-7-8-9-10-11-34-23(31)19(5)29-39(33,37-15-35-24(32)38-17(2)3)16-36-18(4)12-30-14-28-20-21(25)26-13-27-22(20)30;5-3(6)1-2-4(7)8/h13-14,17-19H,6-12,15-16H2,1-5H3,(H,29,33)(H2,25,26,27);1-2H,(H,5,6)(H,7,8)/b;2-1+/t18-,19+,39?;/m1./s1. The molecule has 2 aromatic heterocycles. The van der Waals surface area contributed by atoms with Gasteiger partial charge in [-0.3, -0.25) is 13.9 Å². The van der Waals surface area contributed by atoms with Crippen LogP contribution >= 0.6 is 7.52 Å². The zero-order valence-electron chi connectivity index (χ0n) is 27.2. The van der Waals surface area contributed by atoms with Crippen molar-refractivity contribution in [2.45, 2.75) is 91.5 Å². The fourth-order valence-corrected chi connectivity index (χ4v) is 5.17. The lowest BCUT2D eigenvalue weighted by molar-refractivity contribution is -0.145. The molecule has 47 heavy (non-hydrogen) atoms. The molecule has 0 spiro atoms. The van der Waals surface area contributed by atoms with Crippen LogP contribution in [0.4, 0.5) is 10.6 Å². The number of unbranched alkanes of at least 4 members (excludes halogenated alkanes) is 4. The van der Waals surface area contributed by atoms with Crippen LogP contribution in [0.15, 0.2) is 24.8 Å². The topological polar surface area (TPSA) is 254 Å². The van der Waals surface area contributed by atoms with Gasteiger partial charge in [-0.2, -0.15) is 0 Å². The Morgan fingerprint density at radius 2 is 1.66 bits per heavy atom. The third-order valence-corrected chi connectivity index (χ3v) is 7.58. The van der Waals surface area contributed by atoms with E-state index < -0.39 is 63.0 Å². The summed E-state index contributed by atoms with van der Waals surface area (Å²) in [6, 6.07) is -0.967. The average Bonchev–Trinajstić information content (AvgIpc) is 3.40. The summed E-state index contributed by atoms with van der Waals surface area (Å²) in [7, 11) is -3.85. The fourth-order valence-electron chi connectivity index (χ4n) is 3.58. The molecule has 0 aromatic carbocycles. The van der Waals surface area contributed by atoms with Crippen LogP contribution in [0, 0.1) is 0 Å².